The van der Waals surface area contributed by atoms with Gasteiger partial charge < -0.3 is 11.1 Å². The summed E-state index contributed by atoms with van der Waals surface area (Å²) in [7, 11) is -2.88. The maximum atomic E-state index is 11.9. The van der Waals surface area contributed by atoms with Crippen LogP contribution in [0.15, 0.2) is 24.3 Å². The van der Waals surface area contributed by atoms with Crippen molar-refractivity contribution in [3.8, 4) is 0 Å². The van der Waals surface area contributed by atoms with Crippen molar-refractivity contribution in [2.75, 3.05) is 18.1 Å². The average molecular weight is 282 g/mol. The van der Waals surface area contributed by atoms with Crippen LogP contribution in [0.5, 0.6) is 0 Å². The number of nitrogens with two attached hydrogens (primary N) is 1. The lowest BCUT2D eigenvalue weighted by Crippen LogP contribution is -2.29. The lowest BCUT2D eigenvalue weighted by atomic mass is 10.1. The minimum absolute atomic E-state index is 0.0391. The molecule has 1 aliphatic heterocycles. The Bertz CT molecular complexity index is 552. The van der Waals surface area contributed by atoms with Gasteiger partial charge in [-0.2, -0.15) is 0 Å². The first kappa shape index (κ1) is 14.0. The fraction of sp³-hybridized carbons (Fsp3) is 0.462. The van der Waals surface area contributed by atoms with E-state index >= 15 is 0 Å². The number of nitrogens with one attached hydrogen (secondary N) is 1. The molecule has 1 aliphatic rings. The standard InChI is InChI=1S/C13H18N2O3S/c14-7-10-1-3-12(4-2-10)13(16)15-8-11-5-6-19(17,18)9-11/h1-4,11H,5-9,14H2,(H,15,16). The van der Waals surface area contributed by atoms with E-state index in [0.29, 0.717) is 25.1 Å². The fourth-order valence-corrected chi connectivity index (χ4v) is 4.03. The number of amides is 1. The third kappa shape index (κ3) is 3.78. The molecule has 1 atom stereocenters. The summed E-state index contributed by atoms with van der Waals surface area (Å²) in [5, 5.41) is 2.78. The van der Waals surface area contributed by atoms with Crippen molar-refractivity contribution in [2.24, 2.45) is 11.7 Å². The van der Waals surface area contributed by atoms with E-state index in [-0.39, 0.29) is 23.3 Å². The molecule has 0 saturated carbocycles. The highest BCUT2D eigenvalue weighted by Gasteiger charge is 2.27. The maximum absolute atomic E-state index is 11.9. The van der Waals surface area contributed by atoms with Crippen LogP contribution in [0.25, 0.3) is 0 Å². The second kappa shape index (κ2) is 5.71. The molecule has 1 aromatic rings. The summed E-state index contributed by atoms with van der Waals surface area (Å²) in [5.41, 5.74) is 7.02. The van der Waals surface area contributed by atoms with Gasteiger partial charge in [-0.05, 0) is 30.0 Å². The molecule has 1 heterocycles. The molecule has 0 radical (unpaired) electrons. The Labute approximate surface area is 113 Å². The van der Waals surface area contributed by atoms with Crippen molar-refractivity contribution in [1.29, 1.82) is 0 Å². The molecule has 1 aromatic carbocycles. The Morgan fingerprint density at radius 2 is 2.00 bits per heavy atom. The highest BCUT2D eigenvalue weighted by atomic mass is 32.2. The summed E-state index contributed by atoms with van der Waals surface area (Å²) < 4.78 is 22.6. The minimum Gasteiger partial charge on any atom is -0.352 e. The Balaban J connectivity index is 1.87. The van der Waals surface area contributed by atoms with Crippen LogP contribution in [-0.4, -0.2) is 32.4 Å². The van der Waals surface area contributed by atoms with Gasteiger partial charge in [-0.3, -0.25) is 4.79 Å². The van der Waals surface area contributed by atoms with Gasteiger partial charge in [-0.25, -0.2) is 8.42 Å². The fourth-order valence-electron chi connectivity index (χ4n) is 2.16. The van der Waals surface area contributed by atoms with E-state index in [9.17, 15) is 13.2 Å². The predicted molar refractivity (Wildman–Crippen MR) is 73.4 cm³/mol. The molecule has 2 rings (SSSR count). The number of carbonyl (C=O) groups excluding carboxylic acids is 1. The molecule has 6 heteroatoms. The van der Waals surface area contributed by atoms with Gasteiger partial charge in [0.05, 0.1) is 11.5 Å². The van der Waals surface area contributed by atoms with E-state index in [2.05, 4.69) is 5.32 Å². The Kier molecular flexibility index (Phi) is 4.21. The second-order valence-electron chi connectivity index (χ2n) is 4.88. The number of benzene rings is 1. The van der Waals surface area contributed by atoms with Crippen LogP contribution in [0, 0.1) is 5.92 Å². The van der Waals surface area contributed by atoms with E-state index in [0.717, 1.165) is 5.56 Å². The Morgan fingerprint density at radius 3 is 2.53 bits per heavy atom. The first-order valence-electron chi connectivity index (χ1n) is 6.28. The molecule has 0 aliphatic carbocycles. The number of carbonyl (C=O) groups is 1. The summed E-state index contributed by atoms with van der Waals surface area (Å²) in [5.74, 6) is 0.281. The van der Waals surface area contributed by atoms with Crippen LogP contribution in [0.4, 0.5) is 0 Å². The third-order valence-electron chi connectivity index (χ3n) is 3.33. The zero-order valence-corrected chi connectivity index (χ0v) is 11.4. The van der Waals surface area contributed by atoms with Crippen LogP contribution in [-0.2, 0) is 16.4 Å². The first-order valence-corrected chi connectivity index (χ1v) is 8.10. The molecular formula is C13H18N2O3S. The van der Waals surface area contributed by atoms with Gasteiger partial charge in [0.1, 0.15) is 0 Å². The van der Waals surface area contributed by atoms with Crippen LogP contribution in [0.1, 0.15) is 22.3 Å². The molecule has 1 saturated heterocycles. The van der Waals surface area contributed by atoms with Crippen molar-refractivity contribution in [1.82, 2.24) is 5.32 Å². The van der Waals surface area contributed by atoms with E-state index in [1.54, 1.807) is 12.1 Å². The lowest BCUT2D eigenvalue weighted by Gasteiger charge is -2.09. The Morgan fingerprint density at radius 1 is 1.32 bits per heavy atom. The van der Waals surface area contributed by atoms with Crippen molar-refractivity contribution in [2.45, 2.75) is 13.0 Å². The topological polar surface area (TPSA) is 89.3 Å². The molecule has 19 heavy (non-hydrogen) atoms. The molecule has 0 bridgehead atoms. The molecule has 0 spiro atoms. The average Bonchev–Trinajstić information content (AvgIpc) is 2.76. The molecule has 1 amide bonds. The van der Waals surface area contributed by atoms with Gasteiger partial charge in [0.15, 0.2) is 9.84 Å². The molecule has 3 N–H and O–H groups in total. The third-order valence-corrected chi connectivity index (χ3v) is 5.17. The summed E-state index contributed by atoms with van der Waals surface area (Å²) in [6, 6.07) is 7.08. The van der Waals surface area contributed by atoms with Gasteiger partial charge in [0, 0.05) is 18.7 Å². The quantitative estimate of drug-likeness (QED) is 0.831. The van der Waals surface area contributed by atoms with Gasteiger partial charge in [0.2, 0.25) is 0 Å². The van der Waals surface area contributed by atoms with Crippen LogP contribution in [0.2, 0.25) is 0 Å². The molecule has 1 unspecified atom stereocenters. The SMILES string of the molecule is NCc1ccc(C(=O)NCC2CCS(=O)(=O)C2)cc1. The monoisotopic (exact) mass is 282 g/mol. The van der Waals surface area contributed by atoms with Gasteiger partial charge in [-0.15, -0.1) is 0 Å². The summed E-state index contributed by atoms with van der Waals surface area (Å²) in [6.07, 6.45) is 0.634. The first-order chi connectivity index (χ1) is 9.00. The number of hydrogen-bond donors (Lipinski definition) is 2. The summed E-state index contributed by atoms with van der Waals surface area (Å²) in [4.78, 5) is 11.9. The molecule has 104 valence electrons. The number of rotatable bonds is 4. The Hall–Kier alpha value is -1.40. The van der Waals surface area contributed by atoms with Crippen LogP contribution < -0.4 is 11.1 Å². The van der Waals surface area contributed by atoms with E-state index in [1.807, 2.05) is 12.1 Å². The predicted octanol–water partition coefficient (Wildman–Crippen LogP) is 0.310. The number of hydrogen-bond acceptors (Lipinski definition) is 4. The molecular weight excluding hydrogens is 264 g/mol. The molecule has 1 fully saturated rings. The molecule has 5 nitrogen and oxygen atoms in total. The van der Waals surface area contributed by atoms with Gasteiger partial charge in [0.25, 0.3) is 5.91 Å². The zero-order valence-electron chi connectivity index (χ0n) is 10.6. The van der Waals surface area contributed by atoms with E-state index in [1.165, 1.54) is 0 Å². The summed E-state index contributed by atoms with van der Waals surface area (Å²) >= 11 is 0. The van der Waals surface area contributed by atoms with Crippen LogP contribution >= 0.6 is 0 Å². The maximum Gasteiger partial charge on any atom is 0.251 e. The van der Waals surface area contributed by atoms with Crippen molar-refractivity contribution in [3.63, 3.8) is 0 Å². The normalized spacial score (nSPS) is 21.2. The zero-order chi connectivity index (χ0) is 13.9. The largest absolute Gasteiger partial charge is 0.352 e. The highest BCUT2D eigenvalue weighted by Crippen LogP contribution is 2.17. The van der Waals surface area contributed by atoms with Gasteiger partial charge >= 0.3 is 0 Å². The minimum atomic E-state index is -2.88. The van der Waals surface area contributed by atoms with Gasteiger partial charge in [-0.1, -0.05) is 12.1 Å². The lowest BCUT2D eigenvalue weighted by molar-refractivity contribution is 0.0948. The molecule has 0 aromatic heterocycles. The second-order valence-corrected chi connectivity index (χ2v) is 7.11. The number of sulfone groups is 1. The van der Waals surface area contributed by atoms with Crippen molar-refractivity contribution in [3.05, 3.63) is 35.4 Å². The summed E-state index contributed by atoms with van der Waals surface area (Å²) in [6.45, 7) is 0.860. The smallest absolute Gasteiger partial charge is 0.251 e. The van der Waals surface area contributed by atoms with Crippen molar-refractivity contribution < 1.29 is 13.2 Å². The van der Waals surface area contributed by atoms with E-state index < -0.39 is 9.84 Å². The van der Waals surface area contributed by atoms with Crippen LogP contribution in [0.3, 0.4) is 0 Å². The van der Waals surface area contributed by atoms with Crippen molar-refractivity contribution >= 4 is 15.7 Å². The van der Waals surface area contributed by atoms with E-state index in [4.69, 9.17) is 5.73 Å². The highest BCUT2D eigenvalue weighted by molar-refractivity contribution is 7.91.